The van der Waals surface area contributed by atoms with Gasteiger partial charge in [-0.25, -0.2) is 0 Å². The maximum absolute atomic E-state index is 11.3. The Morgan fingerprint density at radius 3 is 2.93 bits per heavy atom. The molecule has 1 aliphatic rings. The highest BCUT2D eigenvalue weighted by Gasteiger charge is 2.22. The Labute approximate surface area is 95.3 Å². The van der Waals surface area contributed by atoms with E-state index in [0.29, 0.717) is 10.8 Å². The Bertz CT molecular complexity index is 296. The second kappa shape index (κ2) is 6.12. The van der Waals surface area contributed by atoms with E-state index < -0.39 is 15.7 Å². The van der Waals surface area contributed by atoms with Gasteiger partial charge in [0, 0.05) is 28.9 Å². The number of nitrogens with one attached hydrogen (secondary N) is 1. The van der Waals surface area contributed by atoms with Gasteiger partial charge in [-0.2, -0.15) is 0 Å². The summed E-state index contributed by atoms with van der Waals surface area (Å²) < 4.78 is 11.3. The molecule has 0 spiro atoms. The van der Waals surface area contributed by atoms with Gasteiger partial charge in [-0.3, -0.25) is 14.3 Å². The van der Waals surface area contributed by atoms with Crippen LogP contribution in [-0.2, 0) is 10.8 Å². The molecule has 0 aromatic carbocycles. The van der Waals surface area contributed by atoms with Crippen molar-refractivity contribution >= 4 is 22.6 Å². The van der Waals surface area contributed by atoms with Gasteiger partial charge in [0.25, 0.3) is 5.70 Å². The fraction of sp³-hybridized carbons (Fsp3) is 0.750. The third-order valence-electron chi connectivity index (χ3n) is 1.96. The minimum absolute atomic E-state index is 0.0405. The lowest BCUT2D eigenvalue weighted by Gasteiger charge is -2.15. The lowest BCUT2D eigenvalue weighted by molar-refractivity contribution is -0.424. The minimum Gasteiger partial charge on any atom is -0.374 e. The summed E-state index contributed by atoms with van der Waals surface area (Å²) in [4.78, 5) is 10.4. The van der Waals surface area contributed by atoms with E-state index in [2.05, 4.69) is 5.32 Å². The topological polar surface area (TPSA) is 72.2 Å². The zero-order valence-electron chi connectivity index (χ0n) is 8.52. The number of hydrogen-bond acceptors (Lipinski definition) is 5. The van der Waals surface area contributed by atoms with Crippen LogP contribution in [0.5, 0.6) is 0 Å². The van der Waals surface area contributed by atoms with Gasteiger partial charge < -0.3 is 5.32 Å². The van der Waals surface area contributed by atoms with E-state index in [0.717, 1.165) is 18.7 Å². The van der Waals surface area contributed by atoms with E-state index in [1.165, 1.54) is 11.8 Å². The van der Waals surface area contributed by atoms with Gasteiger partial charge in [0.2, 0.25) is 0 Å². The minimum atomic E-state index is -1.13. The van der Waals surface area contributed by atoms with Crippen molar-refractivity contribution < 1.29 is 9.13 Å². The molecule has 1 rings (SSSR count). The molecule has 1 atom stereocenters. The van der Waals surface area contributed by atoms with Crippen LogP contribution in [0.4, 0.5) is 0 Å². The zero-order chi connectivity index (χ0) is 11.3. The Morgan fingerprint density at radius 1 is 1.73 bits per heavy atom. The van der Waals surface area contributed by atoms with Crippen molar-refractivity contribution in [1.82, 2.24) is 5.32 Å². The van der Waals surface area contributed by atoms with Gasteiger partial charge >= 0.3 is 0 Å². The maximum Gasteiger partial charge on any atom is 0.288 e. The Morgan fingerprint density at radius 2 is 2.47 bits per heavy atom. The largest absolute Gasteiger partial charge is 0.374 e. The van der Waals surface area contributed by atoms with Crippen LogP contribution in [0, 0.1) is 10.1 Å². The highest BCUT2D eigenvalue weighted by Crippen LogP contribution is 2.22. The fourth-order valence-electron chi connectivity index (χ4n) is 1.14. The molecule has 1 fully saturated rings. The van der Waals surface area contributed by atoms with E-state index in [-0.39, 0.29) is 11.4 Å². The predicted octanol–water partition coefficient (Wildman–Crippen LogP) is 0.927. The van der Waals surface area contributed by atoms with Gasteiger partial charge in [-0.15, -0.1) is 11.8 Å². The highest BCUT2D eigenvalue weighted by molar-refractivity contribution is 8.03. The summed E-state index contributed by atoms with van der Waals surface area (Å²) in [6.45, 7) is 2.53. The smallest absolute Gasteiger partial charge is 0.288 e. The second-order valence-electron chi connectivity index (χ2n) is 3.03. The molecule has 0 amide bonds. The van der Waals surface area contributed by atoms with Gasteiger partial charge in [0.05, 0.1) is 4.92 Å². The summed E-state index contributed by atoms with van der Waals surface area (Å²) in [7, 11) is -1.13. The van der Waals surface area contributed by atoms with Crippen LogP contribution < -0.4 is 5.32 Å². The normalized spacial score (nSPS) is 21.7. The molecule has 7 heteroatoms. The molecular formula is C8H14N2O3S2. The molecular weight excluding hydrogens is 236 g/mol. The first-order valence-electron chi connectivity index (χ1n) is 4.74. The summed E-state index contributed by atoms with van der Waals surface area (Å²) in [5.74, 6) is 1.38. The van der Waals surface area contributed by atoms with Crippen molar-refractivity contribution in [2.24, 2.45) is 0 Å². The van der Waals surface area contributed by atoms with Crippen LogP contribution in [0.2, 0.25) is 0 Å². The van der Waals surface area contributed by atoms with Crippen molar-refractivity contribution in [2.45, 2.75) is 13.3 Å². The lowest BCUT2D eigenvalue weighted by Crippen LogP contribution is -2.24. The molecule has 0 aromatic rings. The molecule has 0 saturated carbocycles. The van der Waals surface area contributed by atoms with Crippen molar-refractivity contribution in [3.8, 4) is 0 Å². The molecule has 0 aliphatic carbocycles. The Balaban J connectivity index is 2.79. The van der Waals surface area contributed by atoms with E-state index in [1.54, 1.807) is 6.92 Å². The van der Waals surface area contributed by atoms with E-state index >= 15 is 0 Å². The first-order chi connectivity index (χ1) is 7.15. The van der Waals surface area contributed by atoms with E-state index in [1.807, 2.05) is 0 Å². The van der Waals surface area contributed by atoms with Crippen molar-refractivity contribution in [3.63, 3.8) is 0 Å². The maximum atomic E-state index is 11.3. The summed E-state index contributed by atoms with van der Waals surface area (Å²) in [6.07, 6.45) is 1.01. The molecule has 0 bridgehead atoms. The Kier molecular flexibility index (Phi) is 5.10. The molecule has 1 saturated heterocycles. The van der Waals surface area contributed by atoms with Crippen molar-refractivity contribution in [3.05, 3.63) is 20.8 Å². The molecule has 1 heterocycles. The Hall–Kier alpha value is -0.560. The zero-order valence-corrected chi connectivity index (χ0v) is 10.2. The quantitative estimate of drug-likeness (QED) is 0.593. The molecule has 15 heavy (non-hydrogen) atoms. The average Bonchev–Trinajstić information content (AvgIpc) is 2.26. The lowest BCUT2D eigenvalue weighted by atomic mass is 10.4. The van der Waals surface area contributed by atoms with E-state index in [9.17, 15) is 14.3 Å². The molecule has 5 nitrogen and oxygen atoms in total. The van der Waals surface area contributed by atoms with Crippen LogP contribution >= 0.6 is 11.8 Å². The molecule has 0 radical (unpaired) electrons. The monoisotopic (exact) mass is 250 g/mol. The van der Waals surface area contributed by atoms with Crippen molar-refractivity contribution in [2.75, 3.05) is 23.8 Å². The fourth-order valence-corrected chi connectivity index (χ4v) is 3.00. The van der Waals surface area contributed by atoms with E-state index in [4.69, 9.17) is 0 Å². The molecule has 1 aliphatic heterocycles. The average molecular weight is 250 g/mol. The van der Waals surface area contributed by atoms with Crippen LogP contribution in [0.3, 0.4) is 0 Å². The standard InChI is InChI=1S/C8H14N2O3S2/c1-2-15(13)6-7(10(11)12)8-9-4-3-5-14-8/h9H,2-6H2,1H3/b8-7+. The number of hydrogen-bond donors (Lipinski definition) is 1. The predicted molar refractivity (Wildman–Crippen MR) is 62.6 cm³/mol. The number of nitro groups is 1. The summed E-state index contributed by atoms with van der Waals surface area (Å²) in [5, 5.41) is 14.4. The van der Waals surface area contributed by atoms with Crippen molar-refractivity contribution in [1.29, 1.82) is 0 Å². The first-order valence-corrected chi connectivity index (χ1v) is 7.21. The van der Waals surface area contributed by atoms with Crippen LogP contribution in [0.25, 0.3) is 0 Å². The first kappa shape index (κ1) is 12.5. The SMILES string of the molecule is CCS(=O)C/C(=C1/NCCCS1)[N+](=O)[O-]. The van der Waals surface area contributed by atoms with Gasteiger partial charge in [-0.1, -0.05) is 6.92 Å². The summed E-state index contributed by atoms with van der Waals surface area (Å²) >= 11 is 1.44. The van der Waals surface area contributed by atoms with Crippen LogP contribution in [0.15, 0.2) is 10.7 Å². The second-order valence-corrected chi connectivity index (χ2v) is 5.89. The molecule has 0 aromatic heterocycles. The summed E-state index contributed by atoms with van der Waals surface area (Å²) in [5.41, 5.74) is 0.0693. The van der Waals surface area contributed by atoms with Gasteiger partial charge in [-0.05, 0) is 6.42 Å². The van der Waals surface area contributed by atoms with Gasteiger partial charge in [0.1, 0.15) is 10.8 Å². The number of thioether (sulfide) groups is 1. The molecule has 1 unspecified atom stereocenters. The number of rotatable bonds is 4. The third kappa shape index (κ3) is 3.83. The van der Waals surface area contributed by atoms with Gasteiger partial charge in [0.15, 0.2) is 0 Å². The summed E-state index contributed by atoms with van der Waals surface area (Å²) in [6, 6.07) is 0. The van der Waals surface area contributed by atoms with Crippen LogP contribution in [-0.4, -0.2) is 32.9 Å². The highest BCUT2D eigenvalue weighted by atomic mass is 32.2. The number of nitrogens with zero attached hydrogens (tertiary/aromatic N) is 1. The third-order valence-corrected chi connectivity index (χ3v) is 4.36. The van der Waals surface area contributed by atoms with Crippen LogP contribution in [0.1, 0.15) is 13.3 Å². The molecule has 86 valence electrons. The molecule has 1 N–H and O–H groups in total.